The maximum Gasteiger partial charge on any atom is 0.295 e. The number of aryl methyl sites for hydroxylation is 1. The Labute approximate surface area is 196 Å². The van der Waals surface area contributed by atoms with Gasteiger partial charge in [0.1, 0.15) is 17.3 Å². The molecule has 1 saturated heterocycles. The number of thiophene rings is 1. The molecule has 3 aromatic rings. The van der Waals surface area contributed by atoms with E-state index in [0.29, 0.717) is 23.7 Å². The predicted molar refractivity (Wildman–Crippen MR) is 128 cm³/mol. The lowest BCUT2D eigenvalue weighted by Gasteiger charge is -2.25. The Kier molecular flexibility index (Phi) is 6.51. The molecule has 170 valence electrons. The first-order valence-electron chi connectivity index (χ1n) is 10.6. The molecule has 1 N–H and O–H groups in total. The van der Waals surface area contributed by atoms with Crippen LogP contribution < -0.4 is 9.47 Å². The molecule has 0 spiro atoms. The van der Waals surface area contributed by atoms with Crippen LogP contribution in [0.4, 0.5) is 0 Å². The summed E-state index contributed by atoms with van der Waals surface area (Å²) in [6.45, 7) is 4.57. The average Bonchev–Trinajstić information content (AvgIpc) is 3.42. The zero-order chi connectivity index (χ0) is 23.5. The van der Waals surface area contributed by atoms with E-state index >= 15 is 0 Å². The van der Waals surface area contributed by atoms with Gasteiger partial charge in [0, 0.05) is 10.4 Å². The topological polar surface area (TPSA) is 76.1 Å². The van der Waals surface area contributed by atoms with Crippen molar-refractivity contribution in [3.05, 3.63) is 87.1 Å². The van der Waals surface area contributed by atoms with Crippen LogP contribution in [0.5, 0.6) is 11.5 Å². The summed E-state index contributed by atoms with van der Waals surface area (Å²) in [6.07, 6.45) is 0. The Morgan fingerprint density at radius 1 is 1.12 bits per heavy atom. The van der Waals surface area contributed by atoms with Crippen LogP contribution in [-0.4, -0.2) is 35.4 Å². The summed E-state index contributed by atoms with van der Waals surface area (Å²) in [5, 5.41) is 13.2. The molecule has 1 aliphatic heterocycles. The number of carbonyl (C=O) groups excluding carboxylic acids is 2. The SMILES string of the molecule is CCOc1ccc(/C(O)=C2/C(=O)C(=O)N(Cc3cccs3)C2c2ccc(OC)cc2)cc1C. The van der Waals surface area contributed by atoms with Gasteiger partial charge in [-0.2, -0.15) is 0 Å². The van der Waals surface area contributed by atoms with Gasteiger partial charge in [-0.15, -0.1) is 11.3 Å². The third kappa shape index (κ3) is 4.36. The number of aliphatic hydroxyl groups excluding tert-OH is 1. The molecule has 4 rings (SSSR count). The fourth-order valence-electron chi connectivity index (χ4n) is 4.02. The highest BCUT2D eigenvalue weighted by Gasteiger charge is 2.46. The summed E-state index contributed by atoms with van der Waals surface area (Å²) in [4.78, 5) is 28.7. The maximum atomic E-state index is 13.2. The molecule has 2 heterocycles. The summed E-state index contributed by atoms with van der Waals surface area (Å²) >= 11 is 1.51. The molecule has 6 nitrogen and oxygen atoms in total. The van der Waals surface area contributed by atoms with Gasteiger partial charge in [-0.1, -0.05) is 18.2 Å². The monoisotopic (exact) mass is 463 g/mol. The molecule has 0 radical (unpaired) electrons. The second-order valence-corrected chi connectivity index (χ2v) is 8.73. The fraction of sp³-hybridized carbons (Fsp3) is 0.231. The number of hydrogen-bond donors (Lipinski definition) is 1. The van der Waals surface area contributed by atoms with E-state index in [2.05, 4.69) is 0 Å². The standard InChI is InChI=1S/C26H25NO5S/c1-4-32-21-12-9-18(14-16(21)2)24(28)22-23(17-7-10-19(31-3)11-8-17)27(26(30)25(22)29)15-20-6-5-13-33-20/h5-14,23,28H,4,15H2,1-3H3/b24-22-. The minimum absolute atomic E-state index is 0.0743. The second kappa shape index (κ2) is 9.50. The molecule has 1 unspecified atom stereocenters. The number of benzene rings is 2. The lowest BCUT2D eigenvalue weighted by molar-refractivity contribution is -0.140. The van der Waals surface area contributed by atoms with Crippen LogP contribution >= 0.6 is 11.3 Å². The number of amides is 1. The molecule has 7 heteroatoms. The number of nitrogens with zero attached hydrogens (tertiary/aromatic N) is 1. The zero-order valence-electron chi connectivity index (χ0n) is 18.7. The first-order chi connectivity index (χ1) is 15.9. The van der Waals surface area contributed by atoms with Crippen LogP contribution in [0, 0.1) is 6.92 Å². The molecular weight excluding hydrogens is 438 g/mol. The van der Waals surface area contributed by atoms with Gasteiger partial charge in [-0.05, 0) is 66.8 Å². The number of aliphatic hydroxyl groups is 1. The smallest absolute Gasteiger partial charge is 0.295 e. The van der Waals surface area contributed by atoms with Crippen LogP contribution in [0.25, 0.3) is 5.76 Å². The molecule has 1 fully saturated rings. The predicted octanol–water partition coefficient (Wildman–Crippen LogP) is 5.09. The first-order valence-corrected chi connectivity index (χ1v) is 11.5. The fourth-order valence-corrected chi connectivity index (χ4v) is 4.72. The molecule has 2 aromatic carbocycles. The molecular formula is C26H25NO5S. The van der Waals surface area contributed by atoms with Crippen LogP contribution in [0.1, 0.15) is 34.5 Å². The summed E-state index contributed by atoms with van der Waals surface area (Å²) < 4.78 is 10.8. The third-order valence-corrected chi connectivity index (χ3v) is 6.49. The minimum Gasteiger partial charge on any atom is -0.507 e. The van der Waals surface area contributed by atoms with E-state index in [0.717, 1.165) is 16.0 Å². The lowest BCUT2D eigenvalue weighted by atomic mass is 9.94. The molecule has 1 amide bonds. The van der Waals surface area contributed by atoms with E-state index in [1.807, 2.05) is 43.5 Å². The lowest BCUT2D eigenvalue weighted by Crippen LogP contribution is -2.28. The number of likely N-dealkylation sites (tertiary alicyclic amines) is 1. The Bertz CT molecular complexity index is 1200. The minimum atomic E-state index is -0.718. The van der Waals surface area contributed by atoms with E-state index in [-0.39, 0.29) is 17.9 Å². The normalized spacial score (nSPS) is 17.4. The summed E-state index contributed by atoms with van der Waals surface area (Å²) in [5.41, 5.74) is 2.08. The average molecular weight is 464 g/mol. The van der Waals surface area contributed by atoms with Gasteiger partial charge < -0.3 is 19.5 Å². The van der Waals surface area contributed by atoms with Crippen molar-refractivity contribution >= 4 is 28.8 Å². The number of ether oxygens (including phenoxy) is 2. The van der Waals surface area contributed by atoms with Gasteiger partial charge in [0.2, 0.25) is 0 Å². The van der Waals surface area contributed by atoms with Gasteiger partial charge in [0.15, 0.2) is 0 Å². The van der Waals surface area contributed by atoms with Crippen molar-refractivity contribution in [2.75, 3.05) is 13.7 Å². The van der Waals surface area contributed by atoms with Crippen LogP contribution in [-0.2, 0) is 16.1 Å². The van der Waals surface area contributed by atoms with Crippen molar-refractivity contribution in [3.63, 3.8) is 0 Å². The second-order valence-electron chi connectivity index (χ2n) is 7.69. The molecule has 1 aromatic heterocycles. The number of hydrogen-bond acceptors (Lipinski definition) is 6. The Hall–Kier alpha value is -3.58. The Morgan fingerprint density at radius 2 is 1.88 bits per heavy atom. The Balaban J connectivity index is 1.83. The number of ketones is 1. The van der Waals surface area contributed by atoms with E-state index < -0.39 is 17.7 Å². The van der Waals surface area contributed by atoms with Crippen LogP contribution in [0.3, 0.4) is 0 Å². The van der Waals surface area contributed by atoms with Crippen molar-refractivity contribution in [1.82, 2.24) is 4.90 Å². The van der Waals surface area contributed by atoms with E-state index in [9.17, 15) is 14.7 Å². The zero-order valence-corrected chi connectivity index (χ0v) is 19.5. The molecule has 0 aliphatic carbocycles. The third-order valence-electron chi connectivity index (χ3n) is 5.63. The highest BCUT2D eigenvalue weighted by Crippen LogP contribution is 2.41. The van der Waals surface area contributed by atoms with Crippen molar-refractivity contribution < 1.29 is 24.2 Å². The summed E-state index contributed by atoms with van der Waals surface area (Å²) in [5.74, 6) is -0.158. The van der Waals surface area contributed by atoms with Crippen molar-refractivity contribution in [2.45, 2.75) is 26.4 Å². The van der Waals surface area contributed by atoms with Gasteiger partial charge in [-0.25, -0.2) is 0 Å². The quantitative estimate of drug-likeness (QED) is 0.300. The largest absolute Gasteiger partial charge is 0.507 e. The van der Waals surface area contributed by atoms with Crippen LogP contribution in [0.2, 0.25) is 0 Å². The maximum absolute atomic E-state index is 13.2. The summed E-state index contributed by atoms with van der Waals surface area (Å²) in [6, 6.07) is 15.5. The van der Waals surface area contributed by atoms with Gasteiger partial charge in [0.05, 0.1) is 31.9 Å². The highest BCUT2D eigenvalue weighted by atomic mass is 32.1. The van der Waals surface area contributed by atoms with Crippen molar-refractivity contribution in [1.29, 1.82) is 0 Å². The van der Waals surface area contributed by atoms with Crippen molar-refractivity contribution in [3.8, 4) is 11.5 Å². The van der Waals surface area contributed by atoms with Crippen LogP contribution in [0.15, 0.2) is 65.6 Å². The van der Waals surface area contributed by atoms with E-state index in [4.69, 9.17) is 9.47 Å². The Morgan fingerprint density at radius 3 is 2.48 bits per heavy atom. The molecule has 0 saturated carbocycles. The van der Waals surface area contributed by atoms with Crippen molar-refractivity contribution in [2.24, 2.45) is 0 Å². The first kappa shape index (κ1) is 22.6. The highest BCUT2D eigenvalue weighted by molar-refractivity contribution is 7.09. The summed E-state index contributed by atoms with van der Waals surface area (Å²) in [7, 11) is 1.58. The van der Waals surface area contributed by atoms with E-state index in [1.165, 1.54) is 16.2 Å². The van der Waals surface area contributed by atoms with Gasteiger partial charge in [-0.3, -0.25) is 9.59 Å². The van der Waals surface area contributed by atoms with Gasteiger partial charge >= 0.3 is 0 Å². The molecule has 1 aliphatic rings. The number of Topliss-reactive ketones (excluding diaryl/α,β-unsaturated/α-hetero) is 1. The molecule has 1 atom stereocenters. The van der Waals surface area contributed by atoms with E-state index in [1.54, 1.807) is 37.4 Å². The van der Waals surface area contributed by atoms with Gasteiger partial charge in [0.25, 0.3) is 11.7 Å². The number of rotatable bonds is 7. The number of carbonyl (C=O) groups is 2. The molecule has 33 heavy (non-hydrogen) atoms. The molecule has 0 bridgehead atoms. The number of methoxy groups -OCH3 is 1.